The van der Waals surface area contributed by atoms with E-state index in [0.29, 0.717) is 17.1 Å². The third-order valence-corrected chi connectivity index (χ3v) is 7.45. The van der Waals surface area contributed by atoms with Crippen molar-refractivity contribution in [1.82, 2.24) is 0 Å². The van der Waals surface area contributed by atoms with Gasteiger partial charge in [0.25, 0.3) is 0 Å². The minimum atomic E-state index is 0.102. The molecule has 0 bridgehead atoms. The molecule has 4 aliphatic rings. The first-order valence-electron chi connectivity index (χ1n) is 9.09. The number of ketones is 1. The second kappa shape index (κ2) is 4.69. The smallest absolute Gasteiger partial charge is 0.156 e. The number of Topliss-reactive ketones (excluding diaryl/α,β-unsaturated/α-hetero) is 1. The van der Waals surface area contributed by atoms with Crippen LogP contribution in [0.5, 0.6) is 0 Å². The molecular formula is C21H28O. The van der Waals surface area contributed by atoms with Crippen molar-refractivity contribution in [3.05, 3.63) is 34.9 Å². The maximum Gasteiger partial charge on any atom is 0.156 e. The Kier molecular flexibility index (Phi) is 3.09. The van der Waals surface area contributed by atoms with Crippen molar-refractivity contribution < 1.29 is 4.79 Å². The molecule has 0 radical (unpaired) electrons. The van der Waals surface area contributed by atoms with Crippen molar-refractivity contribution in [3.8, 4) is 0 Å². The maximum atomic E-state index is 12.1. The van der Waals surface area contributed by atoms with Gasteiger partial charge in [0.15, 0.2) is 5.78 Å². The van der Waals surface area contributed by atoms with Gasteiger partial charge in [-0.2, -0.15) is 0 Å². The number of hydrogen-bond donors (Lipinski definition) is 0. The normalized spacial score (nSPS) is 43.3. The number of fused-ring (bicyclic) bond motifs is 5. The molecule has 4 rings (SSSR count). The Balaban J connectivity index is 1.74. The SMILES string of the molecule is CC(=O)C1=CC[C@H]2C3=CC=C4CCCC[C@]4(C)[C@H]3CC[C@]12C. The Morgan fingerprint density at radius 1 is 1.09 bits per heavy atom. The van der Waals surface area contributed by atoms with Gasteiger partial charge in [-0.15, -0.1) is 0 Å². The molecule has 2 saturated carbocycles. The zero-order valence-electron chi connectivity index (χ0n) is 14.2. The molecule has 0 aromatic rings. The largest absolute Gasteiger partial charge is 0.295 e. The molecule has 118 valence electrons. The van der Waals surface area contributed by atoms with E-state index in [1.54, 1.807) is 18.1 Å². The summed E-state index contributed by atoms with van der Waals surface area (Å²) in [5.41, 5.74) is 4.98. The molecule has 0 aromatic heterocycles. The molecule has 0 heterocycles. The van der Waals surface area contributed by atoms with Crippen molar-refractivity contribution in [3.63, 3.8) is 0 Å². The molecule has 22 heavy (non-hydrogen) atoms. The molecule has 4 atom stereocenters. The Hall–Kier alpha value is -1.11. The van der Waals surface area contributed by atoms with Crippen LogP contribution in [0.2, 0.25) is 0 Å². The summed E-state index contributed by atoms with van der Waals surface area (Å²) in [4.78, 5) is 12.1. The molecular weight excluding hydrogens is 268 g/mol. The van der Waals surface area contributed by atoms with Crippen LogP contribution in [-0.4, -0.2) is 5.78 Å². The first-order chi connectivity index (χ1) is 10.5. The Bertz CT molecular complexity index is 620. The lowest BCUT2D eigenvalue weighted by atomic mass is 9.50. The van der Waals surface area contributed by atoms with Gasteiger partial charge < -0.3 is 0 Å². The number of hydrogen-bond acceptors (Lipinski definition) is 1. The second-order valence-corrected chi connectivity index (χ2v) is 8.45. The van der Waals surface area contributed by atoms with Crippen LogP contribution in [0.25, 0.3) is 0 Å². The fourth-order valence-electron chi connectivity index (χ4n) is 6.17. The third-order valence-electron chi connectivity index (χ3n) is 7.45. The molecule has 0 aromatic carbocycles. The lowest BCUT2D eigenvalue weighted by molar-refractivity contribution is -0.114. The highest BCUT2D eigenvalue weighted by Gasteiger charge is 2.54. The topological polar surface area (TPSA) is 17.1 Å². The zero-order valence-corrected chi connectivity index (χ0v) is 14.2. The first-order valence-corrected chi connectivity index (χ1v) is 9.09. The van der Waals surface area contributed by atoms with E-state index < -0.39 is 0 Å². The molecule has 0 amide bonds. The van der Waals surface area contributed by atoms with Gasteiger partial charge in [0, 0.05) is 5.41 Å². The average Bonchev–Trinajstić information content (AvgIpc) is 2.84. The molecule has 0 unspecified atom stereocenters. The lowest BCUT2D eigenvalue weighted by Crippen LogP contribution is -2.44. The van der Waals surface area contributed by atoms with Gasteiger partial charge in [0.1, 0.15) is 0 Å². The highest BCUT2D eigenvalue weighted by molar-refractivity contribution is 5.95. The molecule has 2 fully saturated rings. The predicted molar refractivity (Wildman–Crippen MR) is 90.4 cm³/mol. The van der Waals surface area contributed by atoms with Crippen molar-refractivity contribution in [2.24, 2.45) is 22.7 Å². The van der Waals surface area contributed by atoms with Crippen LogP contribution in [-0.2, 0) is 4.79 Å². The van der Waals surface area contributed by atoms with Crippen LogP contribution in [0.15, 0.2) is 34.9 Å². The molecule has 0 saturated heterocycles. The summed E-state index contributed by atoms with van der Waals surface area (Å²) in [7, 11) is 0. The van der Waals surface area contributed by atoms with E-state index in [2.05, 4.69) is 32.1 Å². The molecule has 4 aliphatic carbocycles. The van der Waals surface area contributed by atoms with Crippen molar-refractivity contribution in [2.45, 2.75) is 65.7 Å². The second-order valence-electron chi connectivity index (χ2n) is 8.45. The number of carbonyl (C=O) groups excluding carboxylic acids is 1. The Morgan fingerprint density at radius 3 is 2.68 bits per heavy atom. The first kappa shape index (κ1) is 14.5. The van der Waals surface area contributed by atoms with E-state index in [0.717, 1.165) is 17.9 Å². The molecule has 1 nitrogen and oxygen atoms in total. The van der Waals surface area contributed by atoms with Gasteiger partial charge in [-0.3, -0.25) is 4.79 Å². The summed E-state index contributed by atoms with van der Waals surface area (Å²) in [6, 6.07) is 0. The quantitative estimate of drug-likeness (QED) is 0.634. The summed E-state index contributed by atoms with van der Waals surface area (Å²) >= 11 is 0. The van der Waals surface area contributed by atoms with Crippen LogP contribution in [0, 0.1) is 22.7 Å². The van der Waals surface area contributed by atoms with E-state index >= 15 is 0 Å². The zero-order chi connectivity index (χ0) is 15.5. The predicted octanol–water partition coefficient (Wildman–Crippen LogP) is 5.38. The lowest BCUT2D eigenvalue weighted by Gasteiger charge is -2.53. The fraction of sp³-hybridized carbons (Fsp3) is 0.667. The Labute approximate surface area is 134 Å². The monoisotopic (exact) mass is 296 g/mol. The van der Waals surface area contributed by atoms with E-state index in [1.165, 1.54) is 38.5 Å². The van der Waals surface area contributed by atoms with E-state index in [9.17, 15) is 4.79 Å². The summed E-state index contributed by atoms with van der Waals surface area (Å²) in [6.07, 6.45) is 16.1. The Morgan fingerprint density at radius 2 is 1.91 bits per heavy atom. The summed E-state index contributed by atoms with van der Waals surface area (Å²) in [6.45, 7) is 6.62. The van der Waals surface area contributed by atoms with Gasteiger partial charge in [-0.05, 0) is 68.3 Å². The highest BCUT2D eigenvalue weighted by Crippen LogP contribution is 2.63. The molecule has 1 heteroatoms. The van der Waals surface area contributed by atoms with Crippen LogP contribution in [0.1, 0.15) is 65.7 Å². The van der Waals surface area contributed by atoms with Gasteiger partial charge in [-0.1, -0.05) is 49.6 Å². The highest BCUT2D eigenvalue weighted by atomic mass is 16.1. The third kappa shape index (κ3) is 1.74. The summed E-state index contributed by atoms with van der Waals surface area (Å²) in [5.74, 6) is 1.59. The van der Waals surface area contributed by atoms with Crippen molar-refractivity contribution in [1.29, 1.82) is 0 Å². The summed E-state index contributed by atoms with van der Waals surface area (Å²) < 4.78 is 0. The number of rotatable bonds is 1. The van der Waals surface area contributed by atoms with Gasteiger partial charge in [0.2, 0.25) is 0 Å². The van der Waals surface area contributed by atoms with Gasteiger partial charge >= 0.3 is 0 Å². The van der Waals surface area contributed by atoms with Crippen molar-refractivity contribution >= 4 is 5.78 Å². The molecule has 0 aliphatic heterocycles. The summed E-state index contributed by atoms with van der Waals surface area (Å²) in [5, 5.41) is 0. The van der Waals surface area contributed by atoms with E-state index in [4.69, 9.17) is 0 Å². The van der Waals surface area contributed by atoms with E-state index in [-0.39, 0.29) is 5.41 Å². The number of allylic oxidation sites excluding steroid dienone is 6. The van der Waals surface area contributed by atoms with Gasteiger partial charge in [-0.25, -0.2) is 0 Å². The molecule has 0 spiro atoms. The number of carbonyl (C=O) groups is 1. The molecule has 0 N–H and O–H groups in total. The maximum absolute atomic E-state index is 12.1. The van der Waals surface area contributed by atoms with Crippen LogP contribution < -0.4 is 0 Å². The standard InChI is InChI=1S/C21H28O/c1-14(22)17-9-10-18-16-8-7-15-6-4-5-12-20(15,2)19(16)11-13-21(17,18)3/h7-9,18-19H,4-6,10-13H2,1-3H3/t18-,19-,20-,21+/m0/s1. The van der Waals surface area contributed by atoms with Crippen LogP contribution in [0.3, 0.4) is 0 Å². The minimum Gasteiger partial charge on any atom is -0.295 e. The van der Waals surface area contributed by atoms with Gasteiger partial charge in [0.05, 0.1) is 0 Å². The van der Waals surface area contributed by atoms with Crippen LogP contribution >= 0.6 is 0 Å². The van der Waals surface area contributed by atoms with Crippen LogP contribution in [0.4, 0.5) is 0 Å². The van der Waals surface area contributed by atoms with E-state index in [1.807, 2.05) is 0 Å². The fourth-order valence-corrected chi connectivity index (χ4v) is 6.17. The minimum absolute atomic E-state index is 0.102. The van der Waals surface area contributed by atoms with Crippen molar-refractivity contribution in [2.75, 3.05) is 0 Å². The average molecular weight is 296 g/mol.